The topological polar surface area (TPSA) is 53.2 Å². The second-order valence-electron chi connectivity index (χ2n) is 7.76. The predicted octanol–water partition coefficient (Wildman–Crippen LogP) is 5.30. The largest absolute Gasteiger partial charge is 0.322 e. The van der Waals surface area contributed by atoms with Crippen LogP contribution in [-0.2, 0) is 6.54 Å². The number of rotatable bonds is 4. The number of nitrogens with one attached hydrogen (secondary N) is 1. The van der Waals surface area contributed by atoms with Crippen LogP contribution in [0, 0.1) is 20.8 Å². The van der Waals surface area contributed by atoms with Gasteiger partial charge >= 0.3 is 0 Å². The maximum Gasteiger partial charge on any atom is 0.258 e. The second-order valence-corrected chi connectivity index (χ2v) is 7.76. The van der Waals surface area contributed by atoms with Crippen LogP contribution in [0.15, 0.2) is 77.6 Å². The molecule has 4 aromatic rings. The highest BCUT2D eigenvalue weighted by Gasteiger charge is 2.21. The monoisotopic (exact) mass is 396 g/mol. The molecule has 1 N–H and O–H groups in total. The van der Waals surface area contributed by atoms with Gasteiger partial charge in [-0.25, -0.2) is 0 Å². The summed E-state index contributed by atoms with van der Waals surface area (Å²) >= 11 is 0. The first-order valence-electron chi connectivity index (χ1n) is 9.99. The number of H-pyrrole nitrogens is 1. The molecule has 1 amide bonds. The zero-order valence-corrected chi connectivity index (χ0v) is 17.4. The highest BCUT2D eigenvalue weighted by atomic mass is 16.2. The Morgan fingerprint density at radius 1 is 0.867 bits per heavy atom. The normalized spacial score (nSPS) is 10.9. The van der Waals surface area contributed by atoms with Crippen molar-refractivity contribution in [2.45, 2.75) is 27.3 Å². The van der Waals surface area contributed by atoms with Gasteiger partial charge in [-0.2, -0.15) is 0 Å². The minimum Gasteiger partial charge on any atom is -0.322 e. The number of aromatic amines is 1. The van der Waals surface area contributed by atoms with Gasteiger partial charge in [0.1, 0.15) is 0 Å². The van der Waals surface area contributed by atoms with Crippen molar-refractivity contribution in [3.8, 4) is 0 Å². The number of amides is 1. The molecule has 0 saturated heterocycles. The molecule has 0 radical (unpaired) electrons. The lowest BCUT2D eigenvalue weighted by Crippen LogP contribution is -2.33. The molecular formula is C26H24N2O2. The zero-order chi connectivity index (χ0) is 21.3. The first kappa shape index (κ1) is 19.6. The SMILES string of the molecule is Cc1ccc(N(Cc2cc3cc(C)ccc3[nH]c2=O)C(=O)c2ccccc2)c(C)c1. The first-order chi connectivity index (χ1) is 14.4. The van der Waals surface area contributed by atoms with E-state index in [1.165, 1.54) is 0 Å². The molecule has 0 aliphatic heterocycles. The van der Waals surface area contributed by atoms with Crippen molar-refractivity contribution in [1.82, 2.24) is 4.98 Å². The molecule has 0 bridgehead atoms. The summed E-state index contributed by atoms with van der Waals surface area (Å²) in [5, 5.41) is 0.956. The lowest BCUT2D eigenvalue weighted by molar-refractivity contribution is 0.0985. The fraction of sp³-hybridized carbons (Fsp3) is 0.154. The highest BCUT2D eigenvalue weighted by molar-refractivity contribution is 6.06. The third-order valence-corrected chi connectivity index (χ3v) is 5.31. The van der Waals surface area contributed by atoms with E-state index in [0.717, 1.165) is 33.3 Å². The number of hydrogen-bond donors (Lipinski definition) is 1. The number of anilines is 1. The van der Waals surface area contributed by atoms with Crippen LogP contribution in [0.5, 0.6) is 0 Å². The Bertz CT molecular complexity index is 1290. The molecular weight excluding hydrogens is 372 g/mol. The molecule has 1 heterocycles. The van der Waals surface area contributed by atoms with Crippen LogP contribution >= 0.6 is 0 Å². The molecule has 0 fully saturated rings. The Hall–Kier alpha value is -3.66. The first-order valence-corrected chi connectivity index (χ1v) is 9.99. The molecule has 0 aliphatic carbocycles. The van der Waals surface area contributed by atoms with Crippen LogP contribution in [0.25, 0.3) is 10.9 Å². The number of nitrogens with zero attached hydrogens (tertiary/aromatic N) is 1. The van der Waals surface area contributed by atoms with E-state index < -0.39 is 0 Å². The van der Waals surface area contributed by atoms with E-state index >= 15 is 0 Å². The van der Waals surface area contributed by atoms with E-state index in [0.29, 0.717) is 11.1 Å². The van der Waals surface area contributed by atoms with Crippen molar-refractivity contribution in [3.63, 3.8) is 0 Å². The molecule has 0 atom stereocenters. The molecule has 0 spiro atoms. The van der Waals surface area contributed by atoms with Crippen LogP contribution in [0.2, 0.25) is 0 Å². The Labute approximate surface area is 175 Å². The van der Waals surface area contributed by atoms with E-state index in [4.69, 9.17) is 0 Å². The van der Waals surface area contributed by atoms with Crippen molar-refractivity contribution in [3.05, 3.63) is 111 Å². The summed E-state index contributed by atoms with van der Waals surface area (Å²) in [6.45, 7) is 6.22. The maximum atomic E-state index is 13.4. The number of hydrogen-bond acceptors (Lipinski definition) is 2. The standard InChI is InChI=1S/C26H24N2O2/c1-17-10-12-24(19(3)13-17)28(26(30)20-7-5-4-6-8-20)16-22-15-21-14-18(2)9-11-23(21)27-25(22)29/h4-15H,16H2,1-3H3,(H,27,29). The van der Waals surface area contributed by atoms with Gasteiger partial charge in [0.2, 0.25) is 0 Å². The quantitative estimate of drug-likeness (QED) is 0.509. The minimum absolute atomic E-state index is 0.133. The van der Waals surface area contributed by atoms with Crippen molar-refractivity contribution < 1.29 is 4.79 Å². The number of aromatic nitrogens is 1. The van der Waals surface area contributed by atoms with Gasteiger partial charge in [0, 0.05) is 22.3 Å². The number of fused-ring (bicyclic) bond motifs is 1. The van der Waals surface area contributed by atoms with E-state index in [1.807, 2.05) is 75.4 Å². The molecule has 150 valence electrons. The third kappa shape index (κ3) is 3.90. The predicted molar refractivity (Wildman–Crippen MR) is 122 cm³/mol. The Morgan fingerprint density at radius 2 is 1.57 bits per heavy atom. The molecule has 4 rings (SSSR count). The van der Waals surface area contributed by atoms with Gasteiger partial charge < -0.3 is 9.88 Å². The van der Waals surface area contributed by atoms with Gasteiger partial charge in [0.05, 0.1) is 6.54 Å². The van der Waals surface area contributed by atoms with Gasteiger partial charge in [0.15, 0.2) is 0 Å². The second kappa shape index (κ2) is 7.99. The lowest BCUT2D eigenvalue weighted by atomic mass is 10.1. The summed E-state index contributed by atoms with van der Waals surface area (Å²) in [5.74, 6) is -0.133. The van der Waals surface area contributed by atoms with E-state index in [1.54, 1.807) is 17.0 Å². The number of carbonyl (C=O) groups excluding carboxylic acids is 1. The Balaban J connectivity index is 1.82. The Kier molecular flexibility index (Phi) is 5.23. The van der Waals surface area contributed by atoms with Crippen molar-refractivity contribution >= 4 is 22.5 Å². The third-order valence-electron chi connectivity index (χ3n) is 5.31. The molecule has 30 heavy (non-hydrogen) atoms. The minimum atomic E-state index is -0.179. The van der Waals surface area contributed by atoms with E-state index in [9.17, 15) is 9.59 Å². The molecule has 4 heteroatoms. The summed E-state index contributed by atoms with van der Waals surface area (Å²) in [7, 11) is 0. The van der Waals surface area contributed by atoms with Crippen molar-refractivity contribution in [2.24, 2.45) is 0 Å². The fourth-order valence-corrected chi connectivity index (χ4v) is 3.77. The fourth-order valence-electron chi connectivity index (χ4n) is 3.77. The van der Waals surface area contributed by atoms with Crippen molar-refractivity contribution in [1.29, 1.82) is 0 Å². The molecule has 1 aromatic heterocycles. The van der Waals surface area contributed by atoms with Crippen molar-refractivity contribution in [2.75, 3.05) is 4.90 Å². The van der Waals surface area contributed by atoms with Gasteiger partial charge in [-0.1, -0.05) is 47.5 Å². The highest BCUT2D eigenvalue weighted by Crippen LogP contribution is 2.25. The maximum absolute atomic E-state index is 13.4. The van der Waals surface area contributed by atoms with Crippen LogP contribution < -0.4 is 10.5 Å². The number of aryl methyl sites for hydroxylation is 3. The molecule has 0 unspecified atom stereocenters. The van der Waals surface area contributed by atoms with E-state index in [2.05, 4.69) is 11.1 Å². The number of pyridine rings is 1. The van der Waals surface area contributed by atoms with Gasteiger partial charge in [-0.05, 0) is 68.1 Å². The van der Waals surface area contributed by atoms with E-state index in [-0.39, 0.29) is 18.0 Å². The van der Waals surface area contributed by atoms with Crippen LogP contribution in [0.1, 0.15) is 32.6 Å². The van der Waals surface area contributed by atoms with Gasteiger partial charge in [-0.15, -0.1) is 0 Å². The smallest absolute Gasteiger partial charge is 0.258 e. The average molecular weight is 396 g/mol. The molecule has 4 nitrogen and oxygen atoms in total. The van der Waals surface area contributed by atoms with Gasteiger partial charge in [0.25, 0.3) is 11.5 Å². The summed E-state index contributed by atoms with van der Waals surface area (Å²) in [5.41, 5.74) is 5.80. The number of carbonyl (C=O) groups is 1. The van der Waals surface area contributed by atoms with Crippen LogP contribution in [0.3, 0.4) is 0 Å². The zero-order valence-electron chi connectivity index (χ0n) is 17.4. The number of benzene rings is 3. The molecule has 0 saturated carbocycles. The summed E-state index contributed by atoms with van der Waals surface area (Å²) in [6, 6.07) is 23.0. The molecule has 0 aliphatic rings. The lowest BCUT2D eigenvalue weighted by Gasteiger charge is -2.25. The summed E-state index contributed by atoms with van der Waals surface area (Å²) in [6.07, 6.45) is 0. The average Bonchev–Trinajstić information content (AvgIpc) is 2.73. The van der Waals surface area contributed by atoms with Crippen LogP contribution in [-0.4, -0.2) is 10.9 Å². The molecule has 3 aromatic carbocycles. The summed E-state index contributed by atoms with van der Waals surface area (Å²) < 4.78 is 0. The van der Waals surface area contributed by atoms with Gasteiger partial charge in [-0.3, -0.25) is 9.59 Å². The summed E-state index contributed by atoms with van der Waals surface area (Å²) in [4.78, 5) is 30.9. The Morgan fingerprint density at radius 3 is 2.30 bits per heavy atom. The van der Waals surface area contributed by atoms with Crippen LogP contribution in [0.4, 0.5) is 5.69 Å².